The monoisotopic (exact) mass is 297 g/mol. The van der Waals surface area contributed by atoms with Crippen molar-refractivity contribution in [2.75, 3.05) is 19.7 Å². The van der Waals surface area contributed by atoms with E-state index < -0.39 is 0 Å². The molecule has 1 aliphatic heterocycles. The molecule has 2 amide bonds. The van der Waals surface area contributed by atoms with E-state index in [2.05, 4.69) is 9.69 Å². The molecule has 0 spiro atoms. The highest BCUT2D eigenvalue weighted by Crippen LogP contribution is 2.13. The van der Waals surface area contributed by atoms with E-state index in [9.17, 15) is 9.59 Å². The number of aromatic nitrogens is 1. The number of carbonyl (C=O) groups excluding carboxylic acids is 2. The molecule has 7 heteroatoms. The van der Waals surface area contributed by atoms with Crippen LogP contribution in [0.4, 0.5) is 4.79 Å². The summed E-state index contributed by atoms with van der Waals surface area (Å²) in [5.74, 6) is -0.135. The van der Waals surface area contributed by atoms with Crippen molar-refractivity contribution in [1.82, 2.24) is 14.6 Å². The van der Waals surface area contributed by atoms with Crippen molar-refractivity contribution in [1.29, 1.82) is 0 Å². The van der Waals surface area contributed by atoms with Gasteiger partial charge in [-0.2, -0.15) is 4.37 Å². The van der Waals surface area contributed by atoms with E-state index in [0.29, 0.717) is 25.4 Å². The fourth-order valence-corrected chi connectivity index (χ4v) is 2.70. The summed E-state index contributed by atoms with van der Waals surface area (Å²) in [4.78, 5) is 26.2. The van der Waals surface area contributed by atoms with Crippen LogP contribution in [0.2, 0.25) is 0 Å². The Labute approximate surface area is 122 Å². The van der Waals surface area contributed by atoms with Gasteiger partial charge in [0.1, 0.15) is 5.69 Å². The van der Waals surface area contributed by atoms with Crippen LogP contribution in [-0.2, 0) is 4.74 Å². The zero-order chi connectivity index (χ0) is 14.5. The lowest BCUT2D eigenvalue weighted by atomic mass is 10.1. The van der Waals surface area contributed by atoms with E-state index in [0.717, 1.165) is 17.7 Å². The molecule has 20 heavy (non-hydrogen) atoms. The standard InChI is InChI=1S/C13H19N3O3S/c1-3-19-13(18)16-6-4-10(5-7-16)14-12(17)11-8-9(2)20-15-11/h8,10H,3-7H2,1-2H3,(H,14,17). The summed E-state index contributed by atoms with van der Waals surface area (Å²) in [6, 6.07) is 1.88. The Hall–Kier alpha value is -1.63. The summed E-state index contributed by atoms with van der Waals surface area (Å²) in [6.45, 7) is 5.32. The Kier molecular flexibility index (Phi) is 4.94. The van der Waals surface area contributed by atoms with Gasteiger partial charge in [0.05, 0.1) is 6.61 Å². The van der Waals surface area contributed by atoms with Gasteiger partial charge in [-0.05, 0) is 44.3 Å². The van der Waals surface area contributed by atoms with Crippen molar-refractivity contribution in [3.8, 4) is 0 Å². The molecule has 2 heterocycles. The summed E-state index contributed by atoms with van der Waals surface area (Å²) < 4.78 is 9.05. The maximum Gasteiger partial charge on any atom is 0.409 e. The van der Waals surface area contributed by atoms with Crippen LogP contribution < -0.4 is 5.32 Å². The number of nitrogens with one attached hydrogen (secondary N) is 1. The molecule has 2 rings (SSSR count). The molecule has 1 aromatic heterocycles. The molecule has 6 nitrogen and oxygen atoms in total. The largest absolute Gasteiger partial charge is 0.450 e. The van der Waals surface area contributed by atoms with E-state index in [1.807, 2.05) is 6.92 Å². The summed E-state index contributed by atoms with van der Waals surface area (Å²) in [6.07, 6.45) is 1.22. The zero-order valence-electron chi connectivity index (χ0n) is 11.7. The second-order valence-electron chi connectivity index (χ2n) is 4.76. The maximum atomic E-state index is 12.0. The lowest BCUT2D eigenvalue weighted by Crippen LogP contribution is -2.46. The highest BCUT2D eigenvalue weighted by molar-refractivity contribution is 7.05. The molecule has 110 valence electrons. The number of hydrogen-bond donors (Lipinski definition) is 1. The van der Waals surface area contributed by atoms with Crippen LogP contribution in [0, 0.1) is 6.92 Å². The first kappa shape index (κ1) is 14.8. The van der Waals surface area contributed by atoms with Crippen LogP contribution in [0.5, 0.6) is 0 Å². The van der Waals surface area contributed by atoms with Gasteiger partial charge in [0.25, 0.3) is 5.91 Å². The maximum absolute atomic E-state index is 12.0. The summed E-state index contributed by atoms with van der Waals surface area (Å²) in [7, 11) is 0. The first-order valence-corrected chi connectivity index (χ1v) is 7.53. The second kappa shape index (κ2) is 6.69. The molecule has 1 N–H and O–H groups in total. The zero-order valence-corrected chi connectivity index (χ0v) is 12.5. The lowest BCUT2D eigenvalue weighted by Gasteiger charge is -2.31. The Balaban J connectivity index is 1.80. The number of hydrogen-bond acceptors (Lipinski definition) is 5. The van der Waals surface area contributed by atoms with E-state index in [1.54, 1.807) is 17.9 Å². The minimum atomic E-state index is -0.271. The van der Waals surface area contributed by atoms with Crippen molar-refractivity contribution in [2.45, 2.75) is 32.7 Å². The van der Waals surface area contributed by atoms with Crippen molar-refractivity contribution in [2.24, 2.45) is 0 Å². The number of aryl methyl sites for hydroxylation is 1. The predicted molar refractivity (Wildman–Crippen MR) is 75.9 cm³/mol. The highest BCUT2D eigenvalue weighted by Gasteiger charge is 2.25. The predicted octanol–water partition coefficient (Wildman–Crippen LogP) is 1.80. The van der Waals surface area contributed by atoms with Gasteiger partial charge in [-0.1, -0.05) is 0 Å². The van der Waals surface area contributed by atoms with Crippen LogP contribution in [0.25, 0.3) is 0 Å². The quantitative estimate of drug-likeness (QED) is 0.923. The molecule has 0 aliphatic carbocycles. The number of amides is 2. The van der Waals surface area contributed by atoms with Crippen LogP contribution in [-0.4, -0.2) is 47.0 Å². The van der Waals surface area contributed by atoms with E-state index in [4.69, 9.17) is 4.74 Å². The normalized spacial score (nSPS) is 16.0. The molecule has 1 aliphatic rings. The van der Waals surface area contributed by atoms with Crippen LogP contribution in [0.15, 0.2) is 6.07 Å². The van der Waals surface area contributed by atoms with Crippen molar-refractivity contribution < 1.29 is 14.3 Å². The minimum Gasteiger partial charge on any atom is -0.450 e. The third-order valence-electron chi connectivity index (χ3n) is 3.22. The Bertz CT molecular complexity index is 481. The van der Waals surface area contributed by atoms with Crippen molar-refractivity contribution in [3.63, 3.8) is 0 Å². The number of rotatable bonds is 3. The Morgan fingerprint density at radius 2 is 2.20 bits per heavy atom. The lowest BCUT2D eigenvalue weighted by molar-refractivity contribution is 0.0857. The molecule has 1 fully saturated rings. The average molecular weight is 297 g/mol. The molecule has 1 saturated heterocycles. The first-order chi connectivity index (χ1) is 9.60. The topological polar surface area (TPSA) is 71.5 Å². The Morgan fingerprint density at radius 3 is 2.75 bits per heavy atom. The van der Waals surface area contributed by atoms with Crippen LogP contribution in [0.3, 0.4) is 0 Å². The van der Waals surface area contributed by atoms with Gasteiger partial charge in [0.2, 0.25) is 0 Å². The van der Waals surface area contributed by atoms with Gasteiger partial charge in [0, 0.05) is 24.0 Å². The Morgan fingerprint density at radius 1 is 1.50 bits per heavy atom. The van der Waals surface area contributed by atoms with Gasteiger partial charge in [0.15, 0.2) is 0 Å². The highest BCUT2D eigenvalue weighted by atomic mass is 32.1. The molecule has 0 unspecified atom stereocenters. The first-order valence-electron chi connectivity index (χ1n) is 6.76. The fraction of sp³-hybridized carbons (Fsp3) is 0.615. The van der Waals surface area contributed by atoms with Gasteiger partial charge < -0.3 is 15.0 Å². The number of carbonyl (C=O) groups is 2. The van der Waals surface area contributed by atoms with Crippen molar-refractivity contribution in [3.05, 3.63) is 16.6 Å². The second-order valence-corrected chi connectivity index (χ2v) is 5.77. The summed E-state index contributed by atoms with van der Waals surface area (Å²) in [5, 5.41) is 2.97. The van der Waals surface area contributed by atoms with Gasteiger partial charge in [-0.15, -0.1) is 0 Å². The van der Waals surface area contributed by atoms with Crippen LogP contribution in [0.1, 0.15) is 35.1 Å². The van der Waals surface area contributed by atoms with E-state index in [1.165, 1.54) is 11.5 Å². The molecule has 0 bridgehead atoms. The molecule has 0 radical (unpaired) electrons. The number of nitrogens with zero attached hydrogens (tertiary/aromatic N) is 2. The summed E-state index contributed by atoms with van der Waals surface area (Å²) in [5.41, 5.74) is 0.473. The molecule has 0 saturated carbocycles. The minimum absolute atomic E-state index is 0.0928. The van der Waals surface area contributed by atoms with Crippen molar-refractivity contribution >= 4 is 23.5 Å². The van der Waals surface area contributed by atoms with Gasteiger partial charge in [-0.3, -0.25) is 4.79 Å². The molecule has 1 aromatic rings. The average Bonchev–Trinajstić information content (AvgIpc) is 2.86. The van der Waals surface area contributed by atoms with Gasteiger partial charge >= 0.3 is 6.09 Å². The van der Waals surface area contributed by atoms with E-state index >= 15 is 0 Å². The third-order valence-corrected chi connectivity index (χ3v) is 3.91. The molecule has 0 aromatic carbocycles. The third kappa shape index (κ3) is 3.69. The van der Waals surface area contributed by atoms with Gasteiger partial charge in [-0.25, -0.2) is 4.79 Å². The smallest absolute Gasteiger partial charge is 0.409 e. The SMILES string of the molecule is CCOC(=O)N1CCC(NC(=O)c2cc(C)sn2)CC1. The molecule has 0 atom stereocenters. The summed E-state index contributed by atoms with van der Waals surface area (Å²) >= 11 is 1.32. The molecular weight excluding hydrogens is 278 g/mol. The number of ether oxygens (including phenoxy) is 1. The van der Waals surface area contributed by atoms with Crippen LogP contribution >= 0.6 is 11.5 Å². The van der Waals surface area contributed by atoms with E-state index in [-0.39, 0.29) is 18.0 Å². The fourth-order valence-electron chi connectivity index (χ4n) is 2.15. The number of likely N-dealkylation sites (tertiary alicyclic amines) is 1. The number of piperidine rings is 1. The molecular formula is C13H19N3O3S.